The summed E-state index contributed by atoms with van der Waals surface area (Å²) in [4.78, 5) is 28.0. The Hall–Kier alpha value is -3.50. The van der Waals surface area contributed by atoms with Crippen molar-refractivity contribution in [3.05, 3.63) is 107 Å². The van der Waals surface area contributed by atoms with Crippen LogP contribution in [0.3, 0.4) is 0 Å². The van der Waals surface area contributed by atoms with Gasteiger partial charge in [0.15, 0.2) is 11.4 Å². The zero-order valence-corrected chi connectivity index (χ0v) is 19.3. The second-order valence-electron chi connectivity index (χ2n) is 9.53. The van der Waals surface area contributed by atoms with Gasteiger partial charge in [-0.25, -0.2) is 0 Å². The highest BCUT2D eigenvalue weighted by Crippen LogP contribution is 2.42. The fraction of sp³-hybridized carbons (Fsp3) is 0.241. The van der Waals surface area contributed by atoms with Gasteiger partial charge in [0.25, 0.3) is 5.91 Å². The lowest BCUT2D eigenvalue weighted by atomic mass is 9.85. The Morgan fingerprint density at radius 3 is 2.24 bits per heavy atom. The molecule has 1 N–H and O–H groups in total. The molecule has 3 aromatic rings. The Morgan fingerprint density at radius 1 is 0.939 bits per heavy atom. The van der Waals surface area contributed by atoms with Crippen molar-refractivity contribution < 1.29 is 14.7 Å². The molecule has 0 saturated carbocycles. The predicted octanol–water partition coefficient (Wildman–Crippen LogP) is 5.50. The molecule has 0 saturated heterocycles. The van der Waals surface area contributed by atoms with Gasteiger partial charge in [-0.05, 0) is 22.6 Å². The molecule has 4 heteroatoms. The van der Waals surface area contributed by atoms with Crippen LogP contribution in [0.15, 0.2) is 84.9 Å². The lowest BCUT2D eigenvalue weighted by Crippen LogP contribution is -2.42. The van der Waals surface area contributed by atoms with Gasteiger partial charge in [0, 0.05) is 17.7 Å². The number of Topliss-reactive ketones (excluding diaryl/α,β-unsaturated/α-hetero) is 1. The van der Waals surface area contributed by atoms with Crippen molar-refractivity contribution in [1.29, 1.82) is 0 Å². The third-order valence-corrected chi connectivity index (χ3v) is 6.13. The van der Waals surface area contributed by atoms with E-state index in [9.17, 15) is 14.7 Å². The number of fused-ring (bicyclic) bond motifs is 1. The van der Waals surface area contributed by atoms with Crippen molar-refractivity contribution in [3.63, 3.8) is 0 Å². The zero-order chi connectivity index (χ0) is 23.6. The van der Waals surface area contributed by atoms with Crippen molar-refractivity contribution in [2.75, 3.05) is 11.4 Å². The molecule has 1 heterocycles. The number of carbonyl (C=O) groups is 2. The van der Waals surface area contributed by atoms with Crippen molar-refractivity contribution in [1.82, 2.24) is 0 Å². The summed E-state index contributed by atoms with van der Waals surface area (Å²) in [5.41, 5.74) is 1.86. The van der Waals surface area contributed by atoms with Crippen LogP contribution in [0.25, 0.3) is 6.08 Å². The summed E-state index contributed by atoms with van der Waals surface area (Å²) in [6, 6.07) is 24.4. The molecule has 1 aliphatic heterocycles. The molecule has 0 fully saturated rings. The number of para-hydroxylation sites is 1. The molecule has 3 aromatic carbocycles. The van der Waals surface area contributed by atoms with Crippen LogP contribution < -0.4 is 4.90 Å². The van der Waals surface area contributed by atoms with Gasteiger partial charge >= 0.3 is 0 Å². The summed E-state index contributed by atoms with van der Waals surface area (Å²) in [6.45, 7) is 6.64. The Balaban J connectivity index is 1.57. The van der Waals surface area contributed by atoms with Gasteiger partial charge in [-0.3, -0.25) is 9.59 Å². The lowest BCUT2D eigenvalue weighted by Gasteiger charge is -2.23. The van der Waals surface area contributed by atoms with E-state index in [0.717, 1.165) is 11.1 Å². The van der Waals surface area contributed by atoms with Gasteiger partial charge in [-0.1, -0.05) is 106 Å². The first-order valence-corrected chi connectivity index (χ1v) is 11.2. The molecule has 0 radical (unpaired) electrons. The van der Waals surface area contributed by atoms with Crippen LogP contribution in [0.2, 0.25) is 0 Å². The van der Waals surface area contributed by atoms with Crippen molar-refractivity contribution in [2.45, 2.75) is 38.2 Å². The summed E-state index contributed by atoms with van der Waals surface area (Å²) in [7, 11) is 0. The average Bonchev–Trinajstić information content (AvgIpc) is 3.01. The van der Waals surface area contributed by atoms with E-state index in [0.29, 0.717) is 23.4 Å². The van der Waals surface area contributed by atoms with E-state index in [1.54, 1.807) is 29.2 Å². The molecule has 4 nitrogen and oxygen atoms in total. The summed E-state index contributed by atoms with van der Waals surface area (Å²) >= 11 is 0. The minimum absolute atomic E-state index is 0.0199. The van der Waals surface area contributed by atoms with Gasteiger partial charge in [0.05, 0.1) is 12.1 Å². The number of benzene rings is 3. The number of amides is 1. The van der Waals surface area contributed by atoms with Crippen LogP contribution in [-0.4, -0.2) is 23.3 Å². The molecule has 0 aromatic heterocycles. The largest absolute Gasteiger partial charge is 0.375 e. The molecule has 168 valence electrons. The van der Waals surface area contributed by atoms with Crippen LogP contribution in [0.1, 0.15) is 54.2 Å². The number of nitrogens with zero attached hydrogens (tertiary/aromatic N) is 1. The number of anilines is 1. The van der Waals surface area contributed by atoms with Crippen LogP contribution >= 0.6 is 0 Å². The van der Waals surface area contributed by atoms with Crippen molar-refractivity contribution in [2.24, 2.45) is 0 Å². The maximum atomic E-state index is 13.4. The van der Waals surface area contributed by atoms with Gasteiger partial charge < -0.3 is 10.0 Å². The topological polar surface area (TPSA) is 57.6 Å². The van der Waals surface area contributed by atoms with Crippen LogP contribution in [0, 0.1) is 0 Å². The smallest absolute Gasteiger partial charge is 0.264 e. The molecule has 4 rings (SSSR count). The van der Waals surface area contributed by atoms with E-state index in [4.69, 9.17) is 0 Å². The number of carbonyl (C=O) groups excluding carboxylic acids is 2. The minimum Gasteiger partial charge on any atom is -0.375 e. The quantitative estimate of drug-likeness (QED) is 0.516. The first-order chi connectivity index (χ1) is 15.7. The van der Waals surface area contributed by atoms with E-state index in [1.807, 2.05) is 66.7 Å². The molecule has 0 aliphatic carbocycles. The van der Waals surface area contributed by atoms with Crippen LogP contribution in [-0.2, 0) is 15.8 Å². The van der Waals surface area contributed by atoms with Crippen molar-refractivity contribution in [3.8, 4) is 0 Å². The van der Waals surface area contributed by atoms with Gasteiger partial charge in [0.2, 0.25) is 0 Å². The Labute approximate surface area is 195 Å². The SMILES string of the molecule is CC(C)(C)c1ccc(C(=O)C[C@@]2(O)C(=O)N(CC=Cc3ccccc3)c3ccccc32)cc1. The number of hydrogen-bond donors (Lipinski definition) is 1. The molecule has 1 amide bonds. The van der Waals surface area contributed by atoms with Gasteiger partial charge in [-0.2, -0.15) is 0 Å². The summed E-state index contributed by atoms with van der Waals surface area (Å²) < 4.78 is 0. The molecule has 0 unspecified atom stereocenters. The lowest BCUT2D eigenvalue weighted by molar-refractivity contribution is -0.135. The van der Waals surface area contributed by atoms with E-state index < -0.39 is 11.5 Å². The minimum atomic E-state index is -1.88. The van der Waals surface area contributed by atoms with E-state index in [-0.39, 0.29) is 17.6 Å². The van der Waals surface area contributed by atoms with Crippen molar-refractivity contribution >= 4 is 23.5 Å². The third-order valence-electron chi connectivity index (χ3n) is 6.13. The Morgan fingerprint density at radius 2 is 1.58 bits per heavy atom. The second kappa shape index (κ2) is 8.80. The second-order valence-corrected chi connectivity index (χ2v) is 9.53. The molecule has 1 aliphatic rings. The predicted molar refractivity (Wildman–Crippen MR) is 132 cm³/mol. The fourth-order valence-corrected chi connectivity index (χ4v) is 4.21. The van der Waals surface area contributed by atoms with Crippen LogP contribution in [0.5, 0.6) is 0 Å². The van der Waals surface area contributed by atoms with E-state index in [2.05, 4.69) is 20.8 Å². The first-order valence-electron chi connectivity index (χ1n) is 11.2. The molecule has 0 spiro atoms. The van der Waals surface area contributed by atoms with E-state index >= 15 is 0 Å². The highest BCUT2D eigenvalue weighted by atomic mass is 16.3. The fourth-order valence-electron chi connectivity index (χ4n) is 4.21. The average molecular weight is 440 g/mol. The standard InChI is InChI=1S/C29H29NO3/c1-28(2,3)23-17-15-22(16-18-23)26(31)20-29(33)24-13-7-8-14-25(24)30(27(29)32)19-9-12-21-10-5-4-6-11-21/h4-18,33H,19-20H2,1-3H3/t29-/m0/s1. The zero-order valence-electron chi connectivity index (χ0n) is 19.3. The normalized spacial score (nSPS) is 18.1. The number of rotatable bonds is 6. The molecule has 1 atom stereocenters. The Kier molecular flexibility index (Phi) is 6.05. The molecule has 33 heavy (non-hydrogen) atoms. The molecule has 0 bridgehead atoms. The maximum Gasteiger partial charge on any atom is 0.264 e. The van der Waals surface area contributed by atoms with Gasteiger partial charge in [0.1, 0.15) is 0 Å². The van der Waals surface area contributed by atoms with Gasteiger partial charge in [-0.15, -0.1) is 0 Å². The van der Waals surface area contributed by atoms with Crippen LogP contribution in [0.4, 0.5) is 5.69 Å². The number of ketones is 1. The highest BCUT2D eigenvalue weighted by molar-refractivity contribution is 6.11. The first kappa shape index (κ1) is 22.7. The Bertz CT molecular complexity index is 1190. The monoisotopic (exact) mass is 439 g/mol. The molecular weight excluding hydrogens is 410 g/mol. The number of hydrogen-bond acceptors (Lipinski definition) is 3. The maximum absolute atomic E-state index is 13.4. The van der Waals surface area contributed by atoms with E-state index in [1.165, 1.54) is 0 Å². The number of aliphatic hydroxyl groups is 1. The summed E-state index contributed by atoms with van der Waals surface area (Å²) in [6.07, 6.45) is 3.54. The highest BCUT2D eigenvalue weighted by Gasteiger charge is 2.50. The third kappa shape index (κ3) is 4.53. The molecular formula is C29H29NO3. The summed E-state index contributed by atoms with van der Waals surface area (Å²) in [5, 5.41) is 11.5. The summed E-state index contributed by atoms with van der Waals surface area (Å²) in [5.74, 6) is -0.733.